The molecule has 4 aliphatic rings. The molecule has 3 heterocycles. The molecular weight excluding hydrogens is 350 g/mol. The van der Waals surface area contributed by atoms with Crippen molar-refractivity contribution in [3.63, 3.8) is 0 Å². The highest BCUT2D eigenvalue weighted by atomic mass is 16.7. The molecule has 0 radical (unpaired) electrons. The summed E-state index contributed by atoms with van der Waals surface area (Å²) in [6.07, 6.45) is 4.56. The summed E-state index contributed by atoms with van der Waals surface area (Å²) in [4.78, 5) is 13.9. The van der Waals surface area contributed by atoms with Crippen LogP contribution in [0.25, 0.3) is 0 Å². The summed E-state index contributed by atoms with van der Waals surface area (Å²) >= 11 is 0. The van der Waals surface area contributed by atoms with E-state index in [4.69, 9.17) is 23.7 Å². The first-order valence-corrected chi connectivity index (χ1v) is 9.23. The van der Waals surface area contributed by atoms with Crippen molar-refractivity contribution in [2.45, 2.75) is 43.7 Å². The molecule has 0 aromatic heterocycles. The highest BCUT2D eigenvalue weighted by molar-refractivity contribution is 5.76. The Bertz CT molecular complexity index is 808. The van der Waals surface area contributed by atoms with Crippen LogP contribution in [0.15, 0.2) is 24.3 Å². The zero-order chi connectivity index (χ0) is 18.6. The van der Waals surface area contributed by atoms with Crippen molar-refractivity contribution in [1.29, 1.82) is 0 Å². The van der Waals surface area contributed by atoms with E-state index in [2.05, 4.69) is 29.2 Å². The van der Waals surface area contributed by atoms with E-state index in [1.165, 1.54) is 12.5 Å². The summed E-state index contributed by atoms with van der Waals surface area (Å²) in [7, 11) is 1.73. The molecule has 0 N–H and O–H groups in total. The lowest BCUT2D eigenvalue weighted by Crippen LogP contribution is -2.66. The van der Waals surface area contributed by atoms with E-state index >= 15 is 0 Å². The van der Waals surface area contributed by atoms with Crippen LogP contribution in [0.5, 0.6) is 11.5 Å². The lowest BCUT2D eigenvalue weighted by Gasteiger charge is -2.58. The van der Waals surface area contributed by atoms with Gasteiger partial charge in [-0.1, -0.05) is 12.2 Å². The van der Waals surface area contributed by atoms with Crippen molar-refractivity contribution < 1.29 is 28.5 Å². The van der Waals surface area contributed by atoms with Crippen LogP contribution in [0.4, 0.5) is 0 Å². The fourth-order valence-electron chi connectivity index (χ4n) is 4.79. The van der Waals surface area contributed by atoms with Gasteiger partial charge in [-0.2, -0.15) is 0 Å². The smallest absolute Gasteiger partial charge is 0.231 e. The first-order chi connectivity index (χ1) is 13.1. The summed E-state index contributed by atoms with van der Waals surface area (Å²) in [5, 5.41) is 0. The van der Waals surface area contributed by atoms with Crippen molar-refractivity contribution in [1.82, 2.24) is 4.90 Å². The normalized spacial score (nSPS) is 35.5. The molecule has 1 aromatic rings. The number of rotatable bonds is 4. The number of ketones is 1. The highest BCUT2D eigenvalue weighted by Crippen LogP contribution is 2.52. The number of hydrogen-bond acceptors (Lipinski definition) is 7. The van der Waals surface area contributed by atoms with E-state index in [0.717, 1.165) is 30.0 Å². The molecule has 3 aliphatic heterocycles. The lowest BCUT2D eigenvalue weighted by molar-refractivity contribution is -0.255. The van der Waals surface area contributed by atoms with Crippen molar-refractivity contribution in [3.8, 4) is 11.5 Å². The number of carbonyl (C=O) groups excluding carboxylic acids is 1. The minimum Gasteiger partial charge on any atom is -0.454 e. The molecule has 0 spiro atoms. The predicted molar refractivity (Wildman–Crippen MR) is 94.5 cm³/mol. The van der Waals surface area contributed by atoms with Crippen LogP contribution in [0.3, 0.4) is 0 Å². The first kappa shape index (κ1) is 17.2. The second-order valence-corrected chi connectivity index (χ2v) is 7.57. The van der Waals surface area contributed by atoms with Crippen molar-refractivity contribution in [2.75, 3.05) is 27.2 Å². The molecule has 1 unspecified atom stereocenters. The molecule has 7 heteroatoms. The van der Waals surface area contributed by atoms with Crippen molar-refractivity contribution >= 4 is 5.78 Å². The number of nitrogens with zero attached hydrogens (tertiary/aromatic N) is 1. The summed E-state index contributed by atoms with van der Waals surface area (Å²) in [5.74, 6) is 1.50. The van der Waals surface area contributed by atoms with Gasteiger partial charge in [0.1, 0.15) is 13.3 Å². The molecule has 5 atom stereocenters. The van der Waals surface area contributed by atoms with Gasteiger partial charge in [-0.3, -0.25) is 9.69 Å². The van der Waals surface area contributed by atoms with E-state index in [1.807, 2.05) is 0 Å². The molecular formula is C20H23NO6. The molecule has 144 valence electrons. The van der Waals surface area contributed by atoms with Gasteiger partial charge in [0.2, 0.25) is 6.79 Å². The number of ether oxygens (including phenoxy) is 5. The van der Waals surface area contributed by atoms with Crippen LogP contribution in [0.1, 0.15) is 24.5 Å². The second-order valence-electron chi connectivity index (χ2n) is 7.57. The Morgan fingerprint density at radius 2 is 2.15 bits per heavy atom. The van der Waals surface area contributed by atoms with Gasteiger partial charge >= 0.3 is 0 Å². The molecule has 7 nitrogen and oxygen atoms in total. The SMILES string of the molecule is CO[C@@H]1C=C[C@@]23c4cc5c(cc4CN(CO[C@@H]2OCC(C)=O)[C@H]3C1)OCO5. The zero-order valence-corrected chi connectivity index (χ0v) is 15.5. The van der Waals surface area contributed by atoms with Crippen LogP contribution in [-0.2, 0) is 31.0 Å². The van der Waals surface area contributed by atoms with E-state index in [-0.39, 0.29) is 31.3 Å². The van der Waals surface area contributed by atoms with Crippen LogP contribution in [-0.4, -0.2) is 56.4 Å². The molecule has 1 saturated heterocycles. The summed E-state index contributed by atoms with van der Waals surface area (Å²) < 4.78 is 28.9. The second kappa shape index (κ2) is 6.31. The third-order valence-electron chi connectivity index (χ3n) is 6.00. The monoisotopic (exact) mass is 373 g/mol. The molecule has 0 saturated carbocycles. The molecule has 1 fully saturated rings. The number of hydrogen-bond donors (Lipinski definition) is 0. The van der Waals surface area contributed by atoms with Crippen LogP contribution >= 0.6 is 0 Å². The van der Waals surface area contributed by atoms with Gasteiger partial charge in [0.25, 0.3) is 0 Å². The van der Waals surface area contributed by atoms with Crippen molar-refractivity contribution in [2.24, 2.45) is 0 Å². The Labute approximate surface area is 157 Å². The molecule has 27 heavy (non-hydrogen) atoms. The Hall–Kier alpha value is -1.93. The van der Waals surface area contributed by atoms with Gasteiger partial charge in [0, 0.05) is 19.7 Å². The fourth-order valence-corrected chi connectivity index (χ4v) is 4.79. The fraction of sp³-hybridized carbons (Fsp3) is 0.550. The largest absolute Gasteiger partial charge is 0.454 e. The Morgan fingerprint density at radius 1 is 1.33 bits per heavy atom. The third-order valence-corrected chi connectivity index (χ3v) is 6.00. The Morgan fingerprint density at radius 3 is 2.93 bits per heavy atom. The standard InChI is InChI=1S/C20H23NO6/c1-12(22)9-24-19-20-4-3-14(23-2)6-18(20)21(10-25-19)8-13-5-16-17(7-15(13)20)27-11-26-16/h3-5,7,14,18-19H,6,8-11H2,1-2H3/t14-,18+,19+,20+/m1/s1. The maximum atomic E-state index is 11.5. The van der Waals surface area contributed by atoms with Crippen LogP contribution in [0.2, 0.25) is 0 Å². The number of methoxy groups -OCH3 is 1. The summed E-state index contributed by atoms with van der Waals surface area (Å²) in [5.41, 5.74) is 1.78. The topological polar surface area (TPSA) is 66.5 Å². The maximum absolute atomic E-state index is 11.5. The van der Waals surface area contributed by atoms with Gasteiger partial charge in [0.15, 0.2) is 23.6 Å². The quantitative estimate of drug-likeness (QED) is 0.745. The van der Waals surface area contributed by atoms with Crippen LogP contribution < -0.4 is 9.47 Å². The van der Waals surface area contributed by atoms with Crippen LogP contribution in [0, 0.1) is 0 Å². The number of fused-ring (bicyclic) bond motifs is 2. The van der Waals surface area contributed by atoms with Gasteiger partial charge in [-0.05, 0) is 36.6 Å². The molecule has 0 amide bonds. The molecule has 2 bridgehead atoms. The average Bonchev–Trinajstić information content (AvgIpc) is 3.12. The minimum atomic E-state index is -0.545. The highest BCUT2D eigenvalue weighted by Gasteiger charge is 2.58. The first-order valence-electron chi connectivity index (χ1n) is 9.23. The van der Waals surface area contributed by atoms with Gasteiger partial charge < -0.3 is 23.7 Å². The average molecular weight is 373 g/mol. The van der Waals surface area contributed by atoms with Gasteiger partial charge in [-0.15, -0.1) is 0 Å². The lowest BCUT2D eigenvalue weighted by atomic mass is 9.64. The molecule has 1 aliphatic carbocycles. The molecule has 1 aromatic carbocycles. The number of carbonyl (C=O) groups is 1. The predicted octanol–water partition coefficient (Wildman–Crippen LogP) is 1.73. The molecule has 5 rings (SSSR count). The van der Waals surface area contributed by atoms with Gasteiger partial charge in [0.05, 0.1) is 11.5 Å². The minimum absolute atomic E-state index is 0.0229. The van der Waals surface area contributed by atoms with E-state index in [0.29, 0.717) is 6.73 Å². The van der Waals surface area contributed by atoms with E-state index < -0.39 is 11.7 Å². The zero-order valence-electron chi connectivity index (χ0n) is 15.5. The van der Waals surface area contributed by atoms with E-state index in [1.54, 1.807) is 7.11 Å². The Balaban J connectivity index is 1.66. The maximum Gasteiger partial charge on any atom is 0.231 e. The number of Topliss-reactive ketones (excluding diaryl/α,β-unsaturated/α-hetero) is 1. The summed E-state index contributed by atoms with van der Waals surface area (Å²) in [6.45, 7) is 3.01. The third kappa shape index (κ3) is 2.53. The van der Waals surface area contributed by atoms with E-state index in [9.17, 15) is 4.79 Å². The number of benzene rings is 1. The summed E-state index contributed by atoms with van der Waals surface area (Å²) in [6, 6.07) is 4.27. The Kier molecular flexibility index (Phi) is 4.01. The van der Waals surface area contributed by atoms with Gasteiger partial charge in [-0.25, -0.2) is 0 Å². The van der Waals surface area contributed by atoms with Crippen molar-refractivity contribution in [3.05, 3.63) is 35.4 Å².